The molecule has 4 rings (SSSR count). The first kappa shape index (κ1) is 16.9. The Morgan fingerprint density at radius 2 is 1.79 bits per heavy atom. The van der Waals surface area contributed by atoms with Crippen molar-refractivity contribution in [2.45, 2.75) is 38.9 Å². The van der Waals surface area contributed by atoms with Gasteiger partial charge in [-0.1, -0.05) is 29.5 Å². The van der Waals surface area contributed by atoms with Gasteiger partial charge in [-0.05, 0) is 44.0 Å². The summed E-state index contributed by atoms with van der Waals surface area (Å²) >= 11 is 0. The second-order valence-electron chi connectivity index (χ2n) is 6.38. The third-order valence-corrected chi connectivity index (χ3v) is 4.91. The van der Waals surface area contributed by atoms with Crippen molar-refractivity contribution in [3.05, 3.63) is 46.8 Å². The molecule has 1 amide bonds. The molecule has 1 N–H and O–H groups in total. The number of carbonyl (C=O) groups is 1. The first-order chi connectivity index (χ1) is 11.2. The van der Waals surface area contributed by atoms with Crippen molar-refractivity contribution < 1.29 is 4.79 Å². The van der Waals surface area contributed by atoms with E-state index >= 15 is 0 Å². The molecule has 3 heterocycles. The molecule has 2 aromatic rings. The Kier molecular flexibility index (Phi) is 4.87. The maximum atomic E-state index is 12.8. The standard InChI is InChI=1S/C17H21N5O.ClH/c1-12-16(19-20-22(12)15-6-8-18-9-7-15)17(23)21-10-13-4-2-3-5-14(13)11-21;/h2-5,15,18H,6-11H2,1H3;1H. The number of amides is 1. The molecule has 2 aliphatic heterocycles. The normalized spacial score (nSPS) is 17.5. The Bertz CT molecular complexity index is 713. The van der Waals surface area contributed by atoms with Crippen LogP contribution in [0.4, 0.5) is 0 Å². The lowest BCUT2D eigenvalue weighted by Gasteiger charge is -2.23. The van der Waals surface area contributed by atoms with Gasteiger partial charge in [-0.2, -0.15) is 0 Å². The summed E-state index contributed by atoms with van der Waals surface area (Å²) in [6.45, 7) is 5.27. The van der Waals surface area contributed by atoms with E-state index in [0.717, 1.165) is 31.6 Å². The van der Waals surface area contributed by atoms with Crippen molar-refractivity contribution in [2.75, 3.05) is 13.1 Å². The molecular weight excluding hydrogens is 326 g/mol. The number of hydrogen-bond acceptors (Lipinski definition) is 4. The minimum atomic E-state index is -0.0149. The molecule has 7 heteroatoms. The van der Waals surface area contributed by atoms with Gasteiger partial charge in [-0.15, -0.1) is 17.5 Å². The molecule has 2 aliphatic rings. The number of carbonyl (C=O) groups excluding carboxylic acids is 1. The first-order valence-corrected chi connectivity index (χ1v) is 8.22. The molecule has 1 aromatic carbocycles. The highest BCUT2D eigenvalue weighted by molar-refractivity contribution is 5.93. The monoisotopic (exact) mass is 347 g/mol. The van der Waals surface area contributed by atoms with Gasteiger partial charge in [0, 0.05) is 13.1 Å². The van der Waals surface area contributed by atoms with E-state index in [1.54, 1.807) is 0 Å². The van der Waals surface area contributed by atoms with Crippen molar-refractivity contribution >= 4 is 18.3 Å². The quantitative estimate of drug-likeness (QED) is 0.903. The van der Waals surface area contributed by atoms with E-state index in [4.69, 9.17) is 0 Å². The summed E-state index contributed by atoms with van der Waals surface area (Å²) < 4.78 is 1.94. The minimum Gasteiger partial charge on any atom is -0.329 e. The second-order valence-corrected chi connectivity index (χ2v) is 6.38. The molecule has 0 radical (unpaired) electrons. The van der Waals surface area contributed by atoms with Crippen LogP contribution in [-0.4, -0.2) is 38.9 Å². The maximum absolute atomic E-state index is 12.8. The number of aromatic nitrogens is 3. The number of fused-ring (bicyclic) bond motifs is 1. The van der Waals surface area contributed by atoms with Gasteiger partial charge in [0.05, 0.1) is 11.7 Å². The van der Waals surface area contributed by atoms with Gasteiger partial charge in [0.25, 0.3) is 5.91 Å². The second kappa shape index (κ2) is 6.91. The summed E-state index contributed by atoms with van der Waals surface area (Å²) in [4.78, 5) is 14.7. The molecule has 1 aromatic heterocycles. The van der Waals surface area contributed by atoms with E-state index in [1.807, 2.05) is 28.6 Å². The summed E-state index contributed by atoms with van der Waals surface area (Å²) in [6, 6.07) is 8.56. The van der Waals surface area contributed by atoms with Gasteiger partial charge in [0.2, 0.25) is 0 Å². The number of nitrogens with one attached hydrogen (secondary N) is 1. The average Bonchev–Trinajstić information content (AvgIpc) is 3.18. The Morgan fingerprint density at radius 3 is 2.42 bits per heavy atom. The fourth-order valence-corrected chi connectivity index (χ4v) is 3.56. The Hall–Kier alpha value is -1.92. The molecule has 1 saturated heterocycles. The SMILES string of the molecule is Cc1c(C(=O)N2Cc3ccccc3C2)nnn1C1CCNCC1.Cl. The van der Waals surface area contributed by atoms with E-state index in [0.29, 0.717) is 24.8 Å². The number of benzene rings is 1. The summed E-state index contributed by atoms with van der Waals surface area (Å²) in [5.41, 5.74) is 3.84. The lowest BCUT2D eigenvalue weighted by molar-refractivity contribution is 0.0744. The molecule has 0 atom stereocenters. The van der Waals surface area contributed by atoms with Gasteiger partial charge < -0.3 is 10.2 Å². The van der Waals surface area contributed by atoms with Crippen LogP contribution in [-0.2, 0) is 13.1 Å². The van der Waals surface area contributed by atoms with E-state index in [1.165, 1.54) is 11.1 Å². The van der Waals surface area contributed by atoms with Gasteiger partial charge in [-0.25, -0.2) is 4.68 Å². The zero-order valence-electron chi connectivity index (χ0n) is 13.7. The molecule has 0 bridgehead atoms. The van der Waals surface area contributed by atoms with E-state index in [2.05, 4.69) is 27.8 Å². The van der Waals surface area contributed by atoms with Crippen LogP contribution in [0.5, 0.6) is 0 Å². The molecule has 24 heavy (non-hydrogen) atoms. The van der Waals surface area contributed by atoms with Crippen molar-refractivity contribution in [2.24, 2.45) is 0 Å². The average molecular weight is 348 g/mol. The summed E-state index contributed by atoms with van der Waals surface area (Å²) in [5.74, 6) is -0.0149. The fourth-order valence-electron chi connectivity index (χ4n) is 3.56. The first-order valence-electron chi connectivity index (χ1n) is 8.22. The van der Waals surface area contributed by atoms with Crippen LogP contribution in [0.1, 0.15) is 46.2 Å². The van der Waals surface area contributed by atoms with Crippen LogP contribution in [0, 0.1) is 6.92 Å². The topological polar surface area (TPSA) is 63.1 Å². The number of hydrogen-bond donors (Lipinski definition) is 1. The van der Waals surface area contributed by atoms with Crippen molar-refractivity contribution in [1.82, 2.24) is 25.2 Å². The zero-order chi connectivity index (χ0) is 15.8. The molecule has 0 saturated carbocycles. The van der Waals surface area contributed by atoms with Crippen LogP contribution in [0.15, 0.2) is 24.3 Å². The number of rotatable bonds is 2. The molecule has 1 fully saturated rings. The minimum absolute atomic E-state index is 0. The zero-order valence-corrected chi connectivity index (χ0v) is 14.6. The molecule has 6 nitrogen and oxygen atoms in total. The lowest BCUT2D eigenvalue weighted by Crippen LogP contribution is -2.30. The molecule has 0 unspecified atom stereocenters. The number of halogens is 1. The molecule has 128 valence electrons. The van der Waals surface area contributed by atoms with Gasteiger partial charge in [0.15, 0.2) is 5.69 Å². The van der Waals surface area contributed by atoms with Gasteiger partial charge in [-0.3, -0.25) is 4.79 Å². The van der Waals surface area contributed by atoms with Crippen molar-refractivity contribution in [1.29, 1.82) is 0 Å². The predicted octanol–water partition coefficient (Wildman–Crippen LogP) is 2.09. The van der Waals surface area contributed by atoms with Crippen LogP contribution in [0.2, 0.25) is 0 Å². The van der Waals surface area contributed by atoms with Gasteiger partial charge in [0.1, 0.15) is 0 Å². The third-order valence-electron chi connectivity index (χ3n) is 4.91. The van der Waals surface area contributed by atoms with Crippen molar-refractivity contribution in [3.8, 4) is 0 Å². The molecule has 0 aliphatic carbocycles. The molecular formula is C17H22ClN5O. The highest BCUT2D eigenvalue weighted by Gasteiger charge is 2.29. The van der Waals surface area contributed by atoms with Crippen molar-refractivity contribution in [3.63, 3.8) is 0 Å². The smallest absolute Gasteiger partial charge is 0.276 e. The van der Waals surface area contributed by atoms with Crippen LogP contribution in [0.3, 0.4) is 0 Å². The lowest BCUT2D eigenvalue weighted by atomic mass is 10.1. The number of nitrogens with zero attached hydrogens (tertiary/aromatic N) is 4. The third kappa shape index (κ3) is 2.91. The van der Waals surface area contributed by atoms with Crippen LogP contribution in [0.25, 0.3) is 0 Å². The van der Waals surface area contributed by atoms with Gasteiger partial charge >= 0.3 is 0 Å². The Labute approximate surface area is 147 Å². The van der Waals surface area contributed by atoms with E-state index in [9.17, 15) is 4.79 Å². The molecule has 0 spiro atoms. The highest BCUT2D eigenvalue weighted by atomic mass is 35.5. The summed E-state index contributed by atoms with van der Waals surface area (Å²) in [7, 11) is 0. The largest absolute Gasteiger partial charge is 0.329 e. The Balaban J connectivity index is 0.00000169. The van der Waals surface area contributed by atoms with Crippen LogP contribution >= 0.6 is 12.4 Å². The summed E-state index contributed by atoms with van der Waals surface area (Å²) in [5, 5.41) is 11.8. The van der Waals surface area contributed by atoms with E-state index in [-0.39, 0.29) is 18.3 Å². The predicted molar refractivity (Wildman–Crippen MR) is 93.2 cm³/mol. The van der Waals surface area contributed by atoms with Crippen LogP contribution < -0.4 is 5.32 Å². The number of piperidine rings is 1. The maximum Gasteiger partial charge on any atom is 0.276 e. The summed E-state index contributed by atoms with van der Waals surface area (Å²) in [6.07, 6.45) is 2.07. The Morgan fingerprint density at radius 1 is 1.17 bits per heavy atom. The highest BCUT2D eigenvalue weighted by Crippen LogP contribution is 2.25. The fraction of sp³-hybridized carbons (Fsp3) is 0.471. The van der Waals surface area contributed by atoms with E-state index < -0.39 is 0 Å².